The van der Waals surface area contributed by atoms with Crippen LogP contribution in [0.3, 0.4) is 0 Å². The second-order valence-electron chi connectivity index (χ2n) is 5.81. The number of ether oxygens (including phenoxy) is 3. The van der Waals surface area contributed by atoms with Gasteiger partial charge in [-0.05, 0) is 29.8 Å². The van der Waals surface area contributed by atoms with E-state index in [-0.39, 0.29) is 10.6 Å². The maximum Gasteiger partial charge on any atom is 0.255 e. The lowest BCUT2D eigenvalue weighted by atomic mass is 10.2. The Labute approximate surface area is 175 Å². The first kappa shape index (κ1) is 22.9. The first-order valence-corrected chi connectivity index (χ1v) is 10.2. The van der Waals surface area contributed by atoms with Crippen molar-refractivity contribution in [1.82, 2.24) is 10.1 Å². The van der Waals surface area contributed by atoms with E-state index in [4.69, 9.17) is 14.2 Å². The van der Waals surface area contributed by atoms with Gasteiger partial charge >= 0.3 is 0 Å². The summed E-state index contributed by atoms with van der Waals surface area (Å²) in [6.07, 6.45) is 3.05. The van der Waals surface area contributed by atoms with Gasteiger partial charge in [0.25, 0.3) is 5.91 Å². The highest BCUT2D eigenvalue weighted by Crippen LogP contribution is 2.29. The number of methoxy groups -OCH3 is 2. The maximum absolute atomic E-state index is 12.4. The van der Waals surface area contributed by atoms with Crippen molar-refractivity contribution in [2.75, 3.05) is 27.4 Å². The van der Waals surface area contributed by atoms with Crippen LogP contribution in [0.1, 0.15) is 5.56 Å². The zero-order valence-electron chi connectivity index (χ0n) is 16.6. The normalized spacial score (nSPS) is 11.1. The Kier molecular flexibility index (Phi) is 8.39. The smallest absolute Gasteiger partial charge is 0.255 e. The Morgan fingerprint density at radius 3 is 2.60 bits per heavy atom. The summed E-state index contributed by atoms with van der Waals surface area (Å²) in [5.74, 6) is 0.651. The molecule has 10 heteroatoms. The number of carbonyl (C=O) groups excluding carboxylic acids is 1. The van der Waals surface area contributed by atoms with Gasteiger partial charge in [0, 0.05) is 6.07 Å². The van der Waals surface area contributed by atoms with Crippen LogP contribution < -0.4 is 24.4 Å². The van der Waals surface area contributed by atoms with Crippen LogP contribution in [0, 0.1) is 0 Å². The lowest BCUT2D eigenvalue weighted by Gasteiger charge is -2.10. The van der Waals surface area contributed by atoms with E-state index in [9.17, 15) is 13.2 Å². The number of carbonyl (C=O) groups is 1. The fraction of sp³-hybridized carbons (Fsp3) is 0.200. The van der Waals surface area contributed by atoms with Gasteiger partial charge in [-0.25, -0.2) is 18.6 Å². The van der Waals surface area contributed by atoms with Crippen molar-refractivity contribution in [3.05, 3.63) is 60.7 Å². The van der Waals surface area contributed by atoms with Crippen LogP contribution in [0.25, 0.3) is 0 Å². The Balaban J connectivity index is 1.92. The Hall–Kier alpha value is -3.37. The number of hydrazone groups is 1. The molecule has 0 heterocycles. The second-order valence-corrected chi connectivity index (χ2v) is 7.57. The summed E-state index contributed by atoms with van der Waals surface area (Å²) in [4.78, 5) is 11.8. The molecule has 0 saturated carbocycles. The molecule has 0 aromatic heterocycles. The molecule has 0 unspecified atom stereocenters. The number of sulfonamides is 1. The number of nitrogens with one attached hydrogen (secondary N) is 2. The van der Waals surface area contributed by atoms with E-state index in [0.717, 1.165) is 0 Å². The molecule has 0 aliphatic carbocycles. The fourth-order valence-electron chi connectivity index (χ4n) is 2.29. The molecule has 160 valence electrons. The van der Waals surface area contributed by atoms with Gasteiger partial charge < -0.3 is 14.2 Å². The van der Waals surface area contributed by atoms with Crippen LogP contribution in [0.2, 0.25) is 0 Å². The van der Waals surface area contributed by atoms with E-state index in [1.165, 1.54) is 38.6 Å². The van der Waals surface area contributed by atoms with Crippen molar-refractivity contribution in [1.29, 1.82) is 0 Å². The summed E-state index contributed by atoms with van der Waals surface area (Å²) in [6.45, 7) is 3.46. The van der Waals surface area contributed by atoms with Gasteiger partial charge in [0.2, 0.25) is 10.0 Å². The van der Waals surface area contributed by atoms with Crippen molar-refractivity contribution in [2.24, 2.45) is 5.10 Å². The number of hydrogen-bond acceptors (Lipinski definition) is 7. The predicted octanol–water partition coefficient (Wildman–Crippen LogP) is 1.70. The number of nitrogens with zero attached hydrogens (tertiary/aromatic N) is 1. The predicted molar refractivity (Wildman–Crippen MR) is 113 cm³/mol. The van der Waals surface area contributed by atoms with Gasteiger partial charge in [-0.15, -0.1) is 0 Å². The summed E-state index contributed by atoms with van der Waals surface area (Å²) < 4.78 is 42.5. The van der Waals surface area contributed by atoms with Gasteiger partial charge in [-0.1, -0.05) is 24.8 Å². The summed E-state index contributed by atoms with van der Waals surface area (Å²) in [5, 5.41) is 3.81. The van der Waals surface area contributed by atoms with E-state index >= 15 is 0 Å². The molecule has 2 rings (SSSR count). The lowest BCUT2D eigenvalue weighted by molar-refractivity contribution is -0.119. The van der Waals surface area contributed by atoms with E-state index in [1.807, 2.05) is 0 Å². The molecule has 2 aromatic carbocycles. The lowest BCUT2D eigenvalue weighted by Crippen LogP contribution is -2.34. The Morgan fingerprint density at radius 1 is 1.13 bits per heavy atom. The molecular formula is C20H23N3O6S. The molecule has 0 aliphatic heterocycles. The number of hydrogen-bond donors (Lipinski definition) is 2. The molecule has 0 saturated heterocycles. The molecule has 9 nitrogen and oxygen atoms in total. The first-order valence-electron chi connectivity index (χ1n) is 8.77. The molecule has 2 N–H and O–H groups in total. The van der Waals surface area contributed by atoms with Crippen LogP contribution in [0.4, 0.5) is 0 Å². The molecule has 0 spiro atoms. The van der Waals surface area contributed by atoms with Crippen LogP contribution >= 0.6 is 0 Å². The second kappa shape index (κ2) is 11.0. The molecule has 0 bridgehead atoms. The topological polar surface area (TPSA) is 115 Å². The summed E-state index contributed by atoms with van der Waals surface area (Å²) in [6, 6.07) is 11.2. The van der Waals surface area contributed by atoms with Crippen LogP contribution in [0.15, 0.2) is 65.1 Å². The third-order valence-electron chi connectivity index (χ3n) is 3.72. The van der Waals surface area contributed by atoms with E-state index in [0.29, 0.717) is 23.7 Å². The average molecular weight is 433 g/mol. The van der Waals surface area contributed by atoms with Gasteiger partial charge in [-0.3, -0.25) is 4.79 Å². The van der Waals surface area contributed by atoms with E-state index in [1.54, 1.807) is 30.3 Å². The van der Waals surface area contributed by atoms with Crippen molar-refractivity contribution < 1.29 is 27.4 Å². The maximum atomic E-state index is 12.4. The molecule has 0 aliphatic rings. The van der Waals surface area contributed by atoms with E-state index < -0.39 is 22.5 Å². The minimum atomic E-state index is -3.93. The van der Waals surface area contributed by atoms with Crippen LogP contribution in [0.5, 0.6) is 17.2 Å². The molecule has 0 fully saturated rings. The Morgan fingerprint density at radius 2 is 1.90 bits per heavy atom. The molecule has 0 atom stereocenters. The largest absolute Gasteiger partial charge is 0.493 e. The van der Waals surface area contributed by atoms with Gasteiger partial charge in [0.1, 0.15) is 12.4 Å². The molecule has 2 aromatic rings. The zero-order chi connectivity index (χ0) is 22.0. The average Bonchev–Trinajstić information content (AvgIpc) is 2.76. The zero-order valence-corrected chi connectivity index (χ0v) is 17.4. The van der Waals surface area contributed by atoms with Crippen molar-refractivity contribution in [2.45, 2.75) is 4.90 Å². The minimum absolute atomic E-state index is 0.0622. The number of amides is 1. The summed E-state index contributed by atoms with van der Waals surface area (Å²) >= 11 is 0. The van der Waals surface area contributed by atoms with Crippen LogP contribution in [-0.2, 0) is 14.8 Å². The van der Waals surface area contributed by atoms with Gasteiger partial charge in [0.05, 0.1) is 31.9 Å². The molecule has 30 heavy (non-hydrogen) atoms. The highest BCUT2D eigenvalue weighted by molar-refractivity contribution is 7.89. The number of benzene rings is 2. The third kappa shape index (κ3) is 6.61. The highest BCUT2D eigenvalue weighted by atomic mass is 32.2. The SMILES string of the molecule is C=CCOc1cccc(/C=N\NC(=O)CNS(=O)(=O)c2ccc(OC)c(OC)c2)c1. The van der Waals surface area contributed by atoms with Crippen molar-refractivity contribution >= 4 is 22.1 Å². The van der Waals surface area contributed by atoms with Crippen molar-refractivity contribution in [3.63, 3.8) is 0 Å². The third-order valence-corrected chi connectivity index (χ3v) is 5.12. The van der Waals surface area contributed by atoms with Gasteiger partial charge in [-0.2, -0.15) is 5.10 Å². The molecule has 1 amide bonds. The highest BCUT2D eigenvalue weighted by Gasteiger charge is 2.18. The molecule has 0 radical (unpaired) electrons. The standard InChI is InChI=1S/C20H23N3O6S/c1-4-10-29-16-7-5-6-15(11-16)13-21-23-20(24)14-22-30(25,26)17-8-9-18(27-2)19(12-17)28-3/h4-9,11-13,22H,1,10,14H2,2-3H3,(H,23,24)/b21-13-. The summed E-state index contributed by atoms with van der Waals surface area (Å²) in [5.41, 5.74) is 2.96. The van der Waals surface area contributed by atoms with Crippen LogP contribution in [-0.4, -0.2) is 47.9 Å². The fourth-order valence-corrected chi connectivity index (χ4v) is 3.28. The number of rotatable bonds is 11. The van der Waals surface area contributed by atoms with Gasteiger partial charge in [0.15, 0.2) is 11.5 Å². The first-order chi connectivity index (χ1) is 14.4. The van der Waals surface area contributed by atoms with E-state index in [2.05, 4.69) is 21.8 Å². The minimum Gasteiger partial charge on any atom is -0.493 e. The monoisotopic (exact) mass is 433 g/mol. The van der Waals surface area contributed by atoms with Crippen molar-refractivity contribution in [3.8, 4) is 17.2 Å². The quantitative estimate of drug-likeness (QED) is 0.317. The Bertz CT molecular complexity index is 1020. The summed E-state index contributed by atoms with van der Waals surface area (Å²) in [7, 11) is -1.09. The molecular weight excluding hydrogens is 410 g/mol.